The van der Waals surface area contributed by atoms with Gasteiger partial charge in [-0.2, -0.15) is 0 Å². The van der Waals surface area contributed by atoms with Gasteiger partial charge in [0, 0.05) is 12.1 Å². The molecular formula is C12H19ClN4O2. The number of hydrazine groups is 1. The summed E-state index contributed by atoms with van der Waals surface area (Å²) < 4.78 is 10.4. The maximum absolute atomic E-state index is 6.08. The first kappa shape index (κ1) is 15.4. The highest BCUT2D eigenvalue weighted by Crippen LogP contribution is 2.35. The van der Waals surface area contributed by atoms with Crippen LogP contribution in [0.15, 0.2) is 17.1 Å². The standard InChI is InChI=1S/C12H19ClN4O2/c1-7(2)15-12(17-14)16-9-5-8(13)10(18-3)6-11(9)19-4/h5-7H,14H2,1-4H3,(H2,15,16,17). The molecule has 19 heavy (non-hydrogen) atoms. The van der Waals surface area contributed by atoms with E-state index in [4.69, 9.17) is 26.9 Å². The van der Waals surface area contributed by atoms with Crippen molar-refractivity contribution >= 4 is 23.2 Å². The average molecular weight is 287 g/mol. The van der Waals surface area contributed by atoms with Crippen LogP contribution in [0.25, 0.3) is 0 Å². The summed E-state index contributed by atoms with van der Waals surface area (Å²) in [4.78, 5) is 4.28. The number of nitrogens with zero attached hydrogens (tertiary/aromatic N) is 1. The van der Waals surface area contributed by atoms with Crippen molar-refractivity contribution in [1.82, 2.24) is 5.43 Å². The molecule has 0 aliphatic rings. The van der Waals surface area contributed by atoms with Crippen LogP contribution in [-0.2, 0) is 0 Å². The topological polar surface area (TPSA) is 80.9 Å². The average Bonchev–Trinajstić information content (AvgIpc) is 2.37. The Hall–Kier alpha value is -1.66. The Morgan fingerprint density at radius 3 is 2.37 bits per heavy atom. The Balaban J connectivity index is 3.09. The highest BCUT2D eigenvalue weighted by atomic mass is 35.5. The van der Waals surface area contributed by atoms with Gasteiger partial charge < -0.3 is 14.8 Å². The number of hydrogen-bond acceptors (Lipinski definition) is 4. The summed E-state index contributed by atoms with van der Waals surface area (Å²) in [6, 6.07) is 3.47. The molecule has 0 aliphatic heterocycles. The molecule has 4 N–H and O–H groups in total. The molecule has 0 amide bonds. The van der Waals surface area contributed by atoms with Gasteiger partial charge in [-0.1, -0.05) is 11.6 Å². The largest absolute Gasteiger partial charge is 0.495 e. The molecule has 1 aromatic carbocycles. The lowest BCUT2D eigenvalue weighted by atomic mass is 10.2. The molecule has 0 saturated heterocycles. The van der Waals surface area contributed by atoms with Gasteiger partial charge in [-0.3, -0.25) is 5.43 Å². The zero-order valence-electron chi connectivity index (χ0n) is 11.5. The van der Waals surface area contributed by atoms with Gasteiger partial charge in [-0.05, 0) is 19.9 Å². The Morgan fingerprint density at radius 2 is 1.89 bits per heavy atom. The van der Waals surface area contributed by atoms with Gasteiger partial charge in [0.1, 0.15) is 11.5 Å². The third-order valence-corrected chi connectivity index (χ3v) is 2.55. The number of hydrogen-bond donors (Lipinski definition) is 3. The summed E-state index contributed by atoms with van der Waals surface area (Å²) in [7, 11) is 3.10. The van der Waals surface area contributed by atoms with Crippen LogP contribution in [0.3, 0.4) is 0 Å². The monoisotopic (exact) mass is 286 g/mol. The van der Waals surface area contributed by atoms with Crippen molar-refractivity contribution < 1.29 is 9.47 Å². The number of ether oxygens (including phenoxy) is 2. The fraction of sp³-hybridized carbons (Fsp3) is 0.417. The molecule has 0 heterocycles. The van der Waals surface area contributed by atoms with Crippen LogP contribution in [-0.4, -0.2) is 26.2 Å². The summed E-state index contributed by atoms with van der Waals surface area (Å²) in [5.41, 5.74) is 3.13. The van der Waals surface area contributed by atoms with Crippen LogP contribution in [0.5, 0.6) is 11.5 Å². The number of rotatable bonds is 4. The molecule has 0 spiro atoms. The van der Waals surface area contributed by atoms with E-state index in [-0.39, 0.29) is 6.04 Å². The van der Waals surface area contributed by atoms with Crippen LogP contribution in [0.2, 0.25) is 5.02 Å². The molecule has 0 unspecified atom stereocenters. The van der Waals surface area contributed by atoms with Crippen molar-refractivity contribution in [3.05, 3.63) is 17.2 Å². The van der Waals surface area contributed by atoms with Gasteiger partial charge in [0.25, 0.3) is 0 Å². The van der Waals surface area contributed by atoms with Crippen molar-refractivity contribution in [3.8, 4) is 11.5 Å². The maximum Gasteiger partial charge on any atom is 0.210 e. The predicted molar refractivity (Wildman–Crippen MR) is 78.1 cm³/mol. The van der Waals surface area contributed by atoms with Crippen molar-refractivity contribution in [3.63, 3.8) is 0 Å². The highest BCUT2D eigenvalue weighted by Gasteiger charge is 2.11. The van der Waals surface area contributed by atoms with E-state index >= 15 is 0 Å². The summed E-state index contributed by atoms with van der Waals surface area (Å²) in [5.74, 6) is 6.95. The van der Waals surface area contributed by atoms with Gasteiger partial charge in [-0.15, -0.1) is 0 Å². The number of methoxy groups -OCH3 is 2. The second-order valence-electron chi connectivity index (χ2n) is 4.03. The number of guanidine groups is 1. The number of benzene rings is 1. The summed E-state index contributed by atoms with van der Waals surface area (Å²) >= 11 is 6.08. The van der Waals surface area contributed by atoms with Crippen molar-refractivity contribution in [2.24, 2.45) is 10.8 Å². The number of nitrogens with two attached hydrogens (primary N) is 1. The van der Waals surface area contributed by atoms with E-state index in [1.807, 2.05) is 13.8 Å². The molecule has 1 rings (SSSR count). The lowest BCUT2D eigenvalue weighted by Crippen LogP contribution is -2.37. The van der Waals surface area contributed by atoms with Crippen molar-refractivity contribution in [1.29, 1.82) is 0 Å². The van der Waals surface area contributed by atoms with Crippen molar-refractivity contribution in [2.45, 2.75) is 19.9 Å². The second-order valence-corrected chi connectivity index (χ2v) is 4.44. The number of nitrogens with one attached hydrogen (secondary N) is 2. The summed E-state index contributed by atoms with van der Waals surface area (Å²) in [6.07, 6.45) is 0. The van der Waals surface area contributed by atoms with E-state index in [2.05, 4.69) is 15.7 Å². The Bertz CT molecular complexity index is 463. The first-order valence-electron chi connectivity index (χ1n) is 5.74. The first-order valence-corrected chi connectivity index (χ1v) is 6.12. The third kappa shape index (κ3) is 4.18. The molecule has 106 valence electrons. The fourth-order valence-electron chi connectivity index (χ4n) is 1.45. The Kier molecular flexibility index (Phi) is 5.72. The van der Waals surface area contributed by atoms with Crippen LogP contribution in [0.1, 0.15) is 13.8 Å². The minimum absolute atomic E-state index is 0.0956. The summed E-state index contributed by atoms with van der Waals surface area (Å²) in [6.45, 7) is 3.88. The van der Waals surface area contributed by atoms with Crippen LogP contribution < -0.4 is 26.1 Å². The smallest absolute Gasteiger partial charge is 0.210 e. The third-order valence-electron chi connectivity index (χ3n) is 2.25. The molecular weight excluding hydrogens is 268 g/mol. The van der Waals surface area contributed by atoms with Crippen molar-refractivity contribution in [2.75, 3.05) is 19.5 Å². The van der Waals surface area contributed by atoms with Gasteiger partial charge in [0.05, 0.1) is 24.9 Å². The van der Waals surface area contributed by atoms with E-state index < -0.39 is 0 Å². The Morgan fingerprint density at radius 1 is 1.26 bits per heavy atom. The molecule has 7 heteroatoms. The second kappa shape index (κ2) is 7.06. The quantitative estimate of drug-likeness (QED) is 0.341. The van der Waals surface area contributed by atoms with Gasteiger partial charge in [-0.25, -0.2) is 10.8 Å². The van der Waals surface area contributed by atoms with Crippen LogP contribution in [0.4, 0.5) is 5.69 Å². The van der Waals surface area contributed by atoms with E-state index in [1.54, 1.807) is 26.4 Å². The summed E-state index contributed by atoms with van der Waals surface area (Å²) in [5, 5.41) is 3.49. The normalized spacial score (nSPS) is 11.4. The molecule has 0 saturated carbocycles. The first-order chi connectivity index (χ1) is 9.01. The zero-order chi connectivity index (χ0) is 14.4. The van der Waals surface area contributed by atoms with Gasteiger partial charge in [0.2, 0.25) is 5.96 Å². The SMILES string of the molecule is COc1cc(OC)c(NC(=NC(C)C)NN)cc1Cl. The number of aliphatic imine (C=N–C) groups is 1. The highest BCUT2D eigenvalue weighted by molar-refractivity contribution is 6.32. The van der Waals surface area contributed by atoms with Gasteiger partial charge >= 0.3 is 0 Å². The predicted octanol–water partition coefficient (Wildman–Crippen LogP) is 2.00. The molecule has 0 fully saturated rings. The molecule has 0 bridgehead atoms. The molecule has 6 nitrogen and oxygen atoms in total. The van der Waals surface area contributed by atoms with Crippen LogP contribution in [0, 0.1) is 0 Å². The lowest BCUT2D eigenvalue weighted by molar-refractivity contribution is 0.396. The molecule has 0 aromatic heterocycles. The van der Waals surface area contributed by atoms with E-state index in [1.165, 1.54) is 0 Å². The molecule has 0 atom stereocenters. The molecule has 0 aliphatic carbocycles. The number of halogens is 1. The number of anilines is 1. The zero-order valence-corrected chi connectivity index (χ0v) is 12.2. The minimum Gasteiger partial charge on any atom is -0.495 e. The maximum atomic E-state index is 6.08. The van der Waals surface area contributed by atoms with Crippen LogP contribution >= 0.6 is 11.6 Å². The fourth-order valence-corrected chi connectivity index (χ4v) is 1.69. The van der Waals surface area contributed by atoms with E-state index in [9.17, 15) is 0 Å². The molecule has 1 aromatic rings. The van der Waals surface area contributed by atoms with E-state index in [0.717, 1.165) is 0 Å². The van der Waals surface area contributed by atoms with E-state index in [0.29, 0.717) is 28.2 Å². The Labute approximate surface area is 117 Å². The lowest BCUT2D eigenvalue weighted by Gasteiger charge is -2.15. The minimum atomic E-state index is 0.0956. The van der Waals surface area contributed by atoms with Gasteiger partial charge in [0.15, 0.2) is 0 Å². The molecule has 0 radical (unpaired) electrons.